The highest BCUT2D eigenvalue weighted by atomic mass is 32.2. The summed E-state index contributed by atoms with van der Waals surface area (Å²) < 4.78 is 32.8. The third kappa shape index (κ3) is 3.63. The topological polar surface area (TPSA) is 83.7 Å². The molecule has 0 aliphatic carbocycles. The van der Waals surface area contributed by atoms with Crippen LogP contribution in [0.4, 0.5) is 0 Å². The van der Waals surface area contributed by atoms with Crippen molar-refractivity contribution in [1.29, 1.82) is 0 Å². The van der Waals surface area contributed by atoms with Gasteiger partial charge in [0, 0.05) is 35.3 Å². The first-order chi connectivity index (χ1) is 15.4. The lowest BCUT2D eigenvalue weighted by molar-refractivity contribution is -0.138. The van der Waals surface area contributed by atoms with Gasteiger partial charge in [-0.05, 0) is 61.6 Å². The van der Waals surface area contributed by atoms with Gasteiger partial charge in [-0.3, -0.25) is 4.79 Å². The maximum atomic E-state index is 13.6. The molecule has 32 heavy (non-hydrogen) atoms. The van der Waals surface area contributed by atoms with Gasteiger partial charge in [-0.25, -0.2) is 8.42 Å². The fourth-order valence-electron chi connectivity index (χ4n) is 4.86. The molecule has 7 nitrogen and oxygen atoms in total. The fourth-order valence-corrected chi connectivity index (χ4v) is 8.38. The fraction of sp³-hybridized carbons (Fsp3) is 0.455. The predicted molar refractivity (Wildman–Crippen MR) is 123 cm³/mol. The summed E-state index contributed by atoms with van der Waals surface area (Å²) in [7, 11) is -3.68. The van der Waals surface area contributed by atoms with Gasteiger partial charge in [-0.2, -0.15) is 4.31 Å². The number of amides is 1. The second-order valence-electron chi connectivity index (χ2n) is 8.33. The first kappa shape index (κ1) is 21.8. The summed E-state index contributed by atoms with van der Waals surface area (Å²) in [5, 5.41) is 7.95. The lowest BCUT2D eigenvalue weighted by Gasteiger charge is -2.39. The smallest absolute Gasteiger partial charge is 0.248 e. The summed E-state index contributed by atoms with van der Waals surface area (Å²) in [4.78, 5) is 18.3. The van der Waals surface area contributed by atoms with Crippen molar-refractivity contribution in [2.75, 3.05) is 19.6 Å². The Labute approximate surface area is 195 Å². The van der Waals surface area contributed by atoms with Gasteiger partial charge in [0.1, 0.15) is 10.6 Å². The number of sulfonamides is 1. The van der Waals surface area contributed by atoms with Gasteiger partial charge >= 0.3 is 0 Å². The van der Waals surface area contributed by atoms with Gasteiger partial charge < -0.3 is 9.42 Å². The normalized spacial score (nSPS) is 20.4. The van der Waals surface area contributed by atoms with Crippen molar-refractivity contribution in [1.82, 2.24) is 14.4 Å². The van der Waals surface area contributed by atoms with Crippen LogP contribution in [0.3, 0.4) is 0 Å². The Morgan fingerprint density at radius 1 is 1.12 bits per heavy atom. The van der Waals surface area contributed by atoms with Gasteiger partial charge in [0.2, 0.25) is 15.9 Å². The molecule has 1 atom stereocenters. The van der Waals surface area contributed by atoms with Crippen LogP contribution >= 0.6 is 22.7 Å². The molecule has 0 spiro atoms. The molecule has 5 heterocycles. The molecule has 1 unspecified atom stereocenters. The standard InChI is InChI=1S/C22H25N3O4S3/c1-14-21(15(2)29-23-14)32(27,28)24-9-5-16(6-10-24)22(26)25-11-7-18-17(8-13-31-18)20(25)19-4-3-12-30-19/h3-4,8,12-13,16,20H,5-7,9-11H2,1-2H3. The minimum absolute atomic E-state index is 0.0402. The van der Waals surface area contributed by atoms with E-state index in [0.29, 0.717) is 43.9 Å². The predicted octanol–water partition coefficient (Wildman–Crippen LogP) is 3.99. The highest BCUT2D eigenvalue weighted by Crippen LogP contribution is 2.41. The first-order valence-corrected chi connectivity index (χ1v) is 13.9. The van der Waals surface area contributed by atoms with E-state index in [1.807, 2.05) is 11.0 Å². The van der Waals surface area contributed by atoms with Crippen LogP contribution in [0.25, 0.3) is 0 Å². The number of piperidine rings is 1. The lowest BCUT2D eigenvalue weighted by atomic mass is 9.92. The Kier molecular flexibility index (Phi) is 5.73. The van der Waals surface area contributed by atoms with Crippen molar-refractivity contribution in [2.45, 2.75) is 44.0 Å². The van der Waals surface area contributed by atoms with Crippen LogP contribution < -0.4 is 0 Å². The van der Waals surface area contributed by atoms with E-state index in [2.05, 4.69) is 28.0 Å². The molecule has 0 bridgehead atoms. The van der Waals surface area contributed by atoms with E-state index in [-0.39, 0.29) is 22.8 Å². The summed E-state index contributed by atoms with van der Waals surface area (Å²) in [5.74, 6) is 0.266. The quantitative estimate of drug-likeness (QED) is 0.551. The van der Waals surface area contributed by atoms with Crippen molar-refractivity contribution >= 4 is 38.6 Å². The average Bonchev–Trinajstić information content (AvgIpc) is 3.54. The number of rotatable bonds is 4. The van der Waals surface area contributed by atoms with Crippen molar-refractivity contribution < 1.29 is 17.7 Å². The monoisotopic (exact) mass is 491 g/mol. The Hall–Kier alpha value is -2.01. The molecule has 0 N–H and O–H groups in total. The summed E-state index contributed by atoms with van der Waals surface area (Å²) in [6, 6.07) is 6.23. The summed E-state index contributed by atoms with van der Waals surface area (Å²) in [6.45, 7) is 4.60. The highest BCUT2D eigenvalue weighted by molar-refractivity contribution is 7.89. The molecule has 5 rings (SSSR count). The number of thiophene rings is 2. The maximum absolute atomic E-state index is 13.6. The van der Waals surface area contributed by atoms with Crippen LogP contribution in [0, 0.1) is 19.8 Å². The molecule has 2 aliphatic rings. The van der Waals surface area contributed by atoms with Crippen LogP contribution in [-0.2, 0) is 21.2 Å². The van der Waals surface area contributed by atoms with Gasteiger partial charge in [0.15, 0.2) is 5.76 Å². The molecule has 170 valence electrons. The van der Waals surface area contributed by atoms with E-state index in [1.165, 1.54) is 19.6 Å². The number of aryl methyl sites for hydroxylation is 2. The van der Waals surface area contributed by atoms with Gasteiger partial charge in [0.25, 0.3) is 0 Å². The molecule has 1 fully saturated rings. The van der Waals surface area contributed by atoms with E-state index >= 15 is 0 Å². The zero-order valence-electron chi connectivity index (χ0n) is 18.0. The van der Waals surface area contributed by atoms with Crippen LogP contribution in [0.1, 0.15) is 45.7 Å². The average molecular weight is 492 g/mol. The van der Waals surface area contributed by atoms with Gasteiger partial charge in [-0.15, -0.1) is 22.7 Å². The minimum Gasteiger partial charge on any atom is -0.360 e. The highest BCUT2D eigenvalue weighted by Gasteiger charge is 2.40. The molecule has 3 aromatic rings. The molecule has 10 heteroatoms. The van der Waals surface area contributed by atoms with E-state index in [0.717, 1.165) is 6.42 Å². The largest absolute Gasteiger partial charge is 0.360 e. The Bertz CT molecular complexity index is 1200. The summed E-state index contributed by atoms with van der Waals surface area (Å²) in [6.07, 6.45) is 1.91. The third-order valence-electron chi connectivity index (χ3n) is 6.43. The lowest BCUT2D eigenvalue weighted by Crippen LogP contribution is -2.47. The zero-order valence-corrected chi connectivity index (χ0v) is 20.4. The molecule has 0 radical (unpaired) electrons. The Morgan fingerprint density at radius 3 is 2.56 bits per heavy atom. The van der Waals surface area contributed by atoms with E-state index < -0.39 is 10.0 Å². The third-order valence-corrected chi connectivity index (χ3v) is 10.5. The summed E-state index contributed by atoms with van der Waals surface area (Å²) >= 11 is 3.44. The molecule has 1 amide bonds. The van der Waals surface area contributed by atoms with Gasteiger partial charge in [-0.1, -0.05) is 11.2 Å². The molecule has 1 saturated heterocycles. The number of carbonyl (C=O) groups excluding carboxylic acids is 1. The van der Waals surface area contributed by atoms with Crippen LogP contribution in [0.15, 0.2) is 38.4 Å². The molecule has 2 aliphatic heterocycles. The molecule has 0 saturated carbocycles. The first-order valence-electron chi connectivity index (χ1n) is 10.7. The van der Waals surface area contributed by atoms with E-state index in [4.69, 9.17) is 4.52 Å². The second-order valence-corrected chi connectivity index (χ2v) is 12.2. The van der Waals surface area contributed by atoms with Crippen LogP contribution in [0.5, 0.6) is 0 Å². The maximum Gasteiger partial charge on any atom is 0.248 e. The van der Waals surface area contributed by atoms with Crippen molar-refractivity contribution in [2.24, 2.45) is 5.92 Å². The number of carbonyl (C=O) groups is 1. The second kappa shape index (κ2) is 8.40. The number of aromatic nitrogens is 1. The van der Waals surface area contributed by atoms with E-state index in [1.54, 1.807) is 36.5 Å². The molecule has 3 aromatic heterocycles. The Morgan fingerprint density at radius 2 is 1.91 bits per heavy atom. The van der Waals surface area contributed by atoms with Gasteiger partial charge in [0.05, 0.1) is 6.04 Å². The minimum atomic E-state index is -3.68. The van der Waals surface area contributed by atoms with Crippen molar-refractivity contribution in [3.63, 3.8) is 0 Å². The zero-order chi connectivity index (χ0) is 22.5. The number of hydrogen-bond donors (Lipinski definition) is 0. The Balaban J connectivity index is 1.33. The summed E-state index contributed by atoms with van der Waals surface area (Å²) in [5.41, 5.74) is 1.61. The van der Waals surface area contributed by atoms with Crippen LogP contribution in [0.2, 0.25) is 0 Å². The van der Waals surface area contributed by atoms with Crippen molar-refractivity contribution in [3.05, 3.63) is 55.7 Å². The molecular weight excluding hydrogens is 466 g/mol. The number of fused-ring (bicyclic) bond motifs is 1. The molecule has 0 aromatic carbocycles. The molecular formula is C22H25N3O4S3. The van der Waals surface area contributed by atoms with Crippen molar-refractivity contribution in [3.8, 4) is 0 Å². The number of hydrogen-bond acceptors (Lipinski definition) is 7. The van der Waals surface area contributed by atoms with E-state index in [9.17, 15) is 13.2 Å². The SMILES string of the molecule is Cc1noc(C)c1S(=O)(=O)N1CCC(C(=O)N2CCc3sccc3C2c2cccs2)CC1. The van der Waals surface area contributed by atoms with Crippen LogP contribution in [-0.4, -0.2) is 48.3 Å². The number of nitrogens with zero attached hydrogens (tertiary/aromatic N) is 3.